The predicted molar refractivity (Wildman–Crippen MR) is 101 cm³/mol. The summed E-state index contributed by atoms with van der Waals surface area (Å²) in [5.41, 5.74) is 1.62. The van der Waals surface area contributed by atoms with Crippen molar-refractivity contribution < 1.29 is 19.1 Å². The number of carbonyl (C=O) groups is 1. The number of hydrogen-bond acceptors (Lipinski definition) is 5. The second kappa shape index (κ2) is 8.03. The molecule has 7 heteroatoms. The first-order valence-corrected chi connectivity index (χ1v) is 8.93. The lowest BCUT2D eigenvalue weighted by molar-refractivity contribution is -0.305. The summed E-state index contributed by atoms with van der Waals surface area (Å²) in [4.78, 5) is 22.8. The maximum atomic E-state index is 12.2. The van der Waals surface area contributed by atoms with E-state index in [0.717, 1.165) is 10.9 Å². The van der Waals surface area contributed by atoms with Crippen LogP contribution in [0.2, 0.25) is 10.0 Å². The van der Waals surface area contributed by atoms with Crippen molar-refractivity contribution in [1.82, 2.24) is 0 Å². The van der Waals surface area contributed by atoms with E-state index in [0.29, 0.717) is 32.5 Å². The number of rotatable bonds is 6. The van der Waals surface area contributed by atoms with E-state index < -0.39 is 11.6 Å². The Morgan fingerprint density at radius 2 is 1.96 bits per heavy atom. The zero-order valence-electron chi connectivity index (χ0n) is 14.4. The Morgan fingerprint density at radius 1 is 1.19 bits per heavy atom. The van der Waals surface area contributed by atoms with Crippen LogP contribution in [0, 0.1) is 6.92 Å². The number of aliphatic carboxylic acids is 1. The fraction of sp³-hybridized carbons (Fsp3) is 0.200. The van der Waals surface area contributed by atoms with Crippen LogP contribution in [0.4, 0.5) is 0 Å². The van der Waals surface area contributed by atoms with Gasteiger partial charge >= 0.3 is 5.63 Å². The van der Waals surface area contributed by atoms with Crippen LogP contribution in [-0.4, -0.2) is 5.97 Å². The number of hydrogen-bond donors (Lipinski definition) is 0. The Morgan fingerprint density at radius 3 is 2.67 bits per heavy atom. The first-order chi connectivity index (χ1) is 12.8. The number of ether oxygens (including phenoxy) is 1. The van der Waals surface area contributed by atoms with E-state index in [-0.39, 0.29) is 19.4 Å². The van der Waals surface area contributed by atoms with Gasteiger partial charge in [-0.25, -0.2) is 4.79 Å². The quantitative estimate of drug-likeness (QED) is 0.584. The highest BCUT2D eigenvalue weighted by atomic mass is 35.5. The molecule has 0 amide bonds. The minimum atomic E-state index is -1.21. The summed E-state index contributed by atoms with van der Waals surface area (Å²) < 4.78 is 11.1. The highest BCUT2D eigenvalue weighted by Crippen LogP contribution is 2.26. The maximum Gasteiger partial charge on any atom is 0.339 e. The zero-order chi connectivity index (χ0) is 19.6. The van der Waals surface area contributed by atoms with Crippen molar-refractivity contribution in [1.29, 1.82) is 0 Å². The van der Waals surface area contributed by atoms with Crippen molar-refractivity contribution in [2.24, 2.45) is 0 Å². The van der Waals surface area contributed by atoms with Crippen molar-refractivity contribution in [3.8, 4) is 5.75 Å². The van der Waals surface area contributed by atoms with E-state index in [1.54, 1.807) is 43.3 Å². The molecule has 0 unspecified atom stereocenters. The van der Waals surface area contributed by atoms with Gasteiger partial charge in [-0.3, -0.25) is 0 Å². The minimum Gasteiger partial charge on any atom is -0.550 e. The average Bonchev–Trinajstić information content (AvgIpc) is 2.60. The zero-order valence-corrected chi connectivity index (χ0v) is 15.9. The number of halogens is 2. The molecule has 1 aromatic heterocycles. The second-order valence-electron chi connectivity index (χ2n) is 6.05. The largest absolute Gasteiger partial charge is 0.550 e. The lowest BCUT2D eigenvalue weighted by Gasteiger charge is -2.11. The van der Waals surface area contributed by atoms with Crippen LogP contribution in [0.5, 0.6) is 5.75 Å². The number of carboxylic acid groups (broad SMARTS) is 1. The van der Waals surface area contributed by atoms with Gasteiger partial charge in [-0.2, -0.15) is 0 Å². The normalized spacial score (nSPS) is 10.9. The standard InChI is InChI=1S/C20H16Cl2O5/c1-11-15-5-4-14(26-10-12-2-3-13(21)8-17(12)22)9-18(15)27-20(25)16(11)6-7-19(23)24/h2-5,8-9H,6-7,10H2,1H3,(H,23,24)/p-1. The molecule has 0 fully saturated rings. The summed E-state index contributed by atoms with van der Waals surface area (Å²) >= 11 is 12.0. The summed E-state index contributed by atoms with van der Waals surface area (Å²) in [6.45, 7) is 1.99. The molecule has 0 radical (unpaired) electrons. The van der Waals surface area contributed by atoms with Crippen LogP contribution in [0.1, 0.15) is 23.1 Å². The molecule has 1 heterocycles. The van der Waals surface area contributed by atoms with Crippen molar-refractivity contribution in [2.45, 2.75) is 26.4 Å². The summed E-state index contributed by atoms with van der Waals surface area (Å²) in [6.07, 6.45) is -0.167. The van der Waals surface area contributed by atoms with Gasteiger partial charge in [-0.15, -0.1) is 0 Å². The van der Waals surface area contributed by atoms with Gasteiger partial charge in [0.1, 0.15) is 17.9 Å². The molecule has 27 heavy (non-hydrogen) atoms. The SMILES string of the molecule is Cc1c(CCC(=O)[O-])c(=O)oc2cc(OCc3ccc(Cl)cc3Cl)ccc12. The Bertz CT molecular complexity index is 1070. The van der Waals surface area contributed by atoms with Crippen molar-refractivity contribution in [2.75, 3.05) is 0 Å². The van der Waals surface area contributed by atoms with Gasteiger partial charge in [0.05, 0.1) is 0 Å². The molecule has 0 saturated carbocycles. The number of benzene rings is 2. The van der Waals surface area contributed by atoms with Crippen LogP contribution in [0.3, 0.4) is 0 Å². The molecule has 0 aliphatic rings. The fourth-order valence-electron chi connectivity index (χ4n) is 2.78. The minimum absolute atomic E-state index is 0.0692. The number of aryl methyl sites for hydroxylation is 1. The van der Waals surface area contributed by atoms with Crippen LogP contribution in [-0.2, 0) is 17.8 Å². The Kier molecular flexibility index (Phi) is 5.73. The van der Waals surface area contributed by atoms with Gasteiger partial charge in [0.25, 0.3) is 0 Å². The third kappa shape index (κ3) is 4.43. The van der Waals surface area contributed by atoms with Gasteiger partial charge < -0.3 is 19.1 Å². The Balaban J connectivity index is 1.86. The molecular formula is C20H15Cl2O5-. The van der Waals surface area contributed by atoms with E-state index >= 15 is 0 Å². The topological polar surface area (TPSA) is 79.6 Å². The van der Waals surface area contributed by atoms with E-state index in [4.69, 9.17) is 32.4 Å². The van der Waals surface area contributed by atoms with Gasteiger partial charge in [0.2, 0.25) is 0 Å². The molecule has 0 aliphatic carbocycles. The molecule has 2 aromatic carbocycles. The highest BCUT2D eigenvalue weighted by molar-refractivity contribution is 6.35. The first-order valence-electron chi connectivity index (χ1n) is 8.18. The Labute approximate surface area is 165 Å². The monoisotopic (exact) mass is 405 g/mol. The van der Waals surface area contributed by atoms with Crippen molar-refractivity contribution in [3.05, 3.63) is 73.6 Å². The fourth-order valence-corrected chi connectivity index (χ4v) is 3.24. The van der Waals surface area contributed by atoms with Crippen molar-refractivity contribution >= 4 is 40.1 Å². The molecule has 140 valence electrons. The van der Waals surface area contributed by atoms with Crippen LogP contribution >= 0.6 is 23.2 Å². The van der Waals surface area contributed by atoms with E-state index in [2.05, 4.69) is 0 Å². The number of fused-ring (bicyclic) bond motifs is 1. The molecule has 0 saturated heterocycles. The lowest BCUT2D eigenvalue weighted by atomic mass is 10.0. The molecular weight excluding hydrogens is 391 g/mol. The summed E-state index contributed by atoms with van der Waals surface area (Å²) in [6, 6.07) is 10.3. The van der Waals surface area contributed by atoms with E-state index in [1.807, 2.05) is 0 Å². The molecule has 0 N–H and O–H groups in total. The predicted octanol–water partition coefficient (Wildman–Crippen LogP) is 3.67. The second-order valence-corrected chi connectivity index (χ2v) is 6.89. The van der Waals surface area contributed by atoms with E-state index in [9.17, 15) is 14.7 Å². The number of carboxylic acids is 1. The summed E-state index contributed by atoms with van der Waals surface area (Å²) in [5.74, 6) is -0.697. The highest BCUT2D eigenvalue weighted by Gasteiger charge is 2.12. The Hall–Kier alpha value is -2.50. The van der Waals surface area contributed by atoms with Crippen molar-refractivity contribution in [3.63, 3.8) is 0 Å². The summed E-state index contributed by atoms with van der Waals surface area (Å²) in [5, 5.41) is 12.4. The molecule has 3 rings (SSSR count). The number of carbonyl (C=O) groups excluding carboxylic acids is 1. The molecule has 0 bridgehead atoms. The third-order valence-electron chi connectivity index (χ3n) is 4.25. The van der Waals surface area contributed by atoms with Crippen LogP contribution in [0.25, 0.3) is 11.0 Å². The molecule has 0 aliphatic heterocycles. The lowest BCUT2D eigenvalue weighted by Crippen LogP contribution is -2.24. The average molecular weight is 406 g/mol. The molecule has 0 spiro atoms. The summed E-state index contributed by atoms with van der Waals surface area (Å²) in [7, 11) is 0. The molecule has 0 atom stereocenters. The maximum absolute atomic E-state index is 12.2. The molecule has 3 aromatic rings. The van der Waals surface area contributed by atoms with Crippen LogP contribution < -0.4 is 15.5 Å². The van der Waals surface area contributed by atoms with Gasteiger partial charge in [0, 0.05) is 38.6 Å². The van der Waals surface area contributed by atoms with Crippen LogP contribution in [0.15, 0.2) is 45.6 Å². The third-order valence-corrected chi connectivity index (χ3v) is 4.83. The van der Waals surface area contributed by atoms with E-state index in [1.165, 1.54) is 0 Å². The smallest absolute Gasteiger partial charge is 0.339 e. The van der Waals surface area contributed by atoms with Gasteiger partial charge in [-0.1, -0.05) is 29.3 Å². The molecule has 5 nitrogen and oxygen atoms in total. The van der Waals surface area contributed by atoms with Gasteiger partial charge in [0.15, 0.2) is 0 Å². The van der Waals surface area contributed by atoms with Gasteiger partial charge in [-0.05, 0) is 49.6 Å². The first kappa shape index (κ1) is 19.3.